The van der Waals surface area contributed by atoms with Crippen molar-refractivity contribution in [2.45, 2.75) is 20.8 Å². The van der Waals surface area contributed by atoms with Crippen LogP contribution < -0.4 is 5.56 Å². The Kier molecular flexibility index (Phi) is 5.03. The third-order valence-corrected chi connectivity index (χ3v) is 4.26. The lowest BCUT2D eigenvalue weighted by Gasteiger charge is -2.13. The Morgan fingerprint density at radius 3 is 2.35 bits per heavy atom. The van der Waals surface area contributed by atoms with Crippen molar-refractivity contribution < 1.29 is 0 Å². The van der Waals surface area contributed by atoms with Gasteiger partial charge in [-0.15, -0.1) is 0 Å². The standard InChI is InChI=1S/C20H17N3O.C2H6/c1-14-11-15-7-6-10-18(16-12-21-22(2)13-16)19(15)20(24)23(14)17-8-4-3-5-9-17;1-2/h3-13H,1-2H3;1-2H3. The molecule has 4 nitrogen and oxygen atoms in total. The number of benzene rings is 2. The van der Waals surface area contributed by atoms with Crippen LogP contribution >= 0.6 is 0 Å². The molecule has 2 aromatic carbocycles. The first kappa shape index (κ1) is 17.7. The molecular weight excluding hydrogens is 322 g/mol. The highest BCUT2D eigenvalue weighted by Gasteiger charge is 2.13. The molecule has 132 valence electrons. The number of rotatable bonds is 2. The molecule has 0 amide bonds. The molecule has 0 aliphatic heterocycles. The molecule has 0 N–H and O–H groups in total. The van der Waals surface area contributed by atoms with Gasteiger partial charge in [-0.3, -0.25) is 14.0 Å². The summed E-state index contributed by atoms with van der Waals surface area (Å²) in [5, 5.41) is 5.91. The zero-order chi connectivity index (χ0) is 18.7. The second kappa shape index (κ2) is 7.40. The first-order valence-corrected chi connectivity index (χ1v) is 8.85. The van der Waals surface area contributed by atoms with E-state index in [1.165, 1.54) is 0 Å². The van der Waals surface area contributed by atoms with Gasteiger partial charge in [0.05, 0.1) is 11.6 Å². The molecule has 0 bridgehead atoms. The van der Waals surface area contributed by atoms with Crippen molar-refractivity contribution in [1.82, 2.24) is 14.3 Å². The summed E-state index contributed by atoms with van der Waals surface area (Å²) in [6, 6.07) is 17.7. The van der Waals surface area contributed by atoms with Gasteiger partial charge < -0.3 is 0 Å². The molecule has 26 heavy (non-hydrogen) atoms. The topological polar surface area (TPSA) is 39.8 Å². The molecule has 0 radical (unpaired) electrons. The summed E-state index contributed by atoms with van der Waals surface area (Å²) >= 11 is 0. The largest absolute Gasteiger partial charge is 0.281 e. The second-order valence-electron chi connectivity index (χ2n) is 5.93. The van der Waals surface area contributed by atoms with E-state index < -0.39 is 0 Å². The van der Waals surface area contributed by atoms with Crippen LogP contribution in [0, 0.1) is 6.92 Å². The molecule has 0 aliphatic carbocycles. The van der Waals surface area contributed by atoms with Crippen molar-refractivity contribution in [2.24, 2.45) is 7.05 Å². The van der Waals surface area contributed by atoms with Crippen LogP contribution in [-0.4, -0.2) is 14.3 Å². The lowest BCUT2D eigenvalue weighted by atomic mass is 10.0. The Hall–Kier alpha value is -3.14. The minimum atomic E-state index is -0.00402. The number of aryl methyl sites for hydroxylation is 2. The van der Waals surface area contributed by atoms with E-state index in [9.17, 15) is 4.79 Å². The quantitative estimate of drug-likeness (QED) is 0.527. The third-order valence-electron chi connectivity index (χ3n) is 4.26. The summed E-state index contributed by atoms with van der Waals surface area (Å²) in [5.41, 5.74) is 3.65. The number of fused-ring (bicyclic) bond motifs is 1. The van der Waals surface area contributed by atoms with Gasteiger partial charge in [0, 0.05) is 30.2 Å². The zero-order valence-electron chi connectivity index (χ0n) is 15.6. The number of nitrogens with zero attached hydrogens (tertiary/aromatic N) is 3. The lowest BCUT2D eigenvalue weighted by molar-refractivity contribution is 0.768. The fourth-order valence-corrected chi connectivity index (χ4v) is 3.19. The van der Waals surface area contributed by atoms with E-state index in [4.69, 9.17) is 0 Å². The van der Waals surface area contributed by atoms with E-state index in [0.29, 0.717) is 0 Å². The number of para-hydroxylation sites is 1. The smallest absolute Gasteiger partial charge is 0.263 e. The van der Waals surface area contributed by atoms with Crippen LogP contribution in [0.15, 0.2) is 71.8 Å². The van der Waals surface area contributed by atoms with Crippen LogP contribution in [0.2, 0.25) is 0 Å². The monoisotopic (exact) mass is 345 g/mol. The van der Waals surface area contributed by atoms with Crippen LogP contribution in [0.5, 0.6) is 0 Å². The molecule has 2 aromatic heterocycles. The van der Waals surface area contributed by atoms with Gasteiger partial charge in [0.1, 0.15) is 0 Å². The zero-order valence-corrected chi connectivity index (χ0v) is 15.6. The molecule has 0 fully saturated rings. The van der Waals surface area contributed by atoms with Crippen LogP contribution in [0.25, 0.3) is 27.6 Å². The Morgan fingerprint density at radius 1 is 0.962 bits per heavy atom. The normalized spacial score (nSPS) is 10.5. The van der Waals surface area contributed by atoms with Crippen LogP contribution in [0.1, 0.15) is 19.5 Å². The minimum Gasteiger partial charge on any atom is -0.281 e. The number of hydrogen-bond acceptors (Lipinski definition) is 2. The average Bonchev–Trinajstić information content (AvgIpc) is 3.10. The van der Waals surface area contributed by atoms with E-state index in [0.717, 1.165) is 33.3 Å². The van der Waals surface area contributed by atoms with Gasteiger partial charge in [-0.2, -0.15) is 5.10 Å². The third kappa shape index (κ3) is 3.06. The molecular formula is C22H23N3O. The summed E-state index contributed by atoms with van der Waals surface area (Å²) in [6.07, 6.45) is 3.72. The second-order valence-corrected chi connectivity index (χ2v) is 5.93. The predicted molar refractivity (Wildman–Crippen MR) is 108 cm³/mol. The maximum atomic E-state index is 13.3. The highest BCUT2D eigenvalue weighted by Crippen LogP contribution is 2.27. The summed E-state index contributed by atoms with van der Waals surface area (Å²) in [7, 11) is 1.88. The number of pyridine rings is 1. The summed E-state index contributed by atoms with van der Waals surface area (Å²) in [5.74, 6) is 0. The van der Waals surface area contributed by atoms with E-state index in [2.05, 4.69) is 11.2 Å². The Bertz CT molecular complexity index is 1090. The van der Waals surface area contributed by atoms with Gasteiger partial charge in [-0.1, -0.05) is 50.2 Å². The summed E-state index contributed by atoms with van der Waals surface area (Å²) in [4.78, 5) is 13.3. The fraction of sp³-hybridized carbons (Fsp3) is 0.182. The molecule has 0 spiro atoms. The van der Waals surface area contributed by atoms with Crippen molar-refractivity contribution in [3.8, 4) is 16.8 Å². The fourth-order valence-electron chi connectivity index (χ4n) is 3.19. The van der Waals surface area contributed by atoms with Crippen LogP contribution in [-0.2, 0) is 7.05 Å². The van der Waals surface area contributed by atoms with Crippen LogP contribution in [0.3, 0.4) is 0 Å². The first-order chi connectivity index (χ1) is 12.6. The molecule has 0 saturated carbocycles. The van der Waals surface area contributed by atoms with Gasteiger partial charge in [-0.05, 0) is 36.1 Å². The van der Waals surface area contributed by atoms with E-state index in [-0.39, 0.29) is 5.56 Å². The Labute approximate surface area is 153 Å². The average molecular weight is 345 g/mol. The van der Waals surface area contributed by atoms with Gasteiger partial charge in [0.25, 0.3) is 5.56 Å². The minimum absolute atomic E-state index is 0.00402. The molecule has 0 saturated heterocycles. The van der Waals surface area contributed by atoms with E-state index in [1.54, 1.807) is 15.4 Å². The van der Waals surface area contributed by atoms with Gasteiger partial charge >= 0.3 is 0 Å². The number of hydrogen-bond donors (Lipinski definition) is 0. The highest BCUT2D eigenvalue weighted by atomic mass is 16.1. The maximum absolute atomic E-state index is 13.3. The summed E-state index contributed by atoms with van der Waals surface area (Å²) < 4.78 is 3.51. The molecule has 0 aliphatic rings. The Morgan fingerprint density at radius 2 is 1.69 bits per heavy atom. The van der Waals surface area contributed by atoms with Crippen molar-refractivity contribution in [1.29, 1.82) is 0 Å². The summed E-state index contributed by atoms with van der Waals surface area (Å²) in [6.45, 7) is 5.96. The molecule has 2 heterocycles. The van der Waals surface area contributed by atoms with E-state index >= 15 is 0 Å². The molecule has 4 rings (SSSR count). The Balaban J connectivity index is 0.000000948. The van der Waals surface area contributed by atoms with Gasteiger partial charge in [0.15, 0.2) is 0 Å². The highest BCUT2D eigenvalue weighted by molar-refractivity contribution is 5.96. The molecule has 4 heteroatoms. The first-order valence-electron chi connectivity index (χ1n) is 8.85. The lowest BCUT2D eigenvalue weighted by Crippen LogP contribution is -2.21. The van der Waals surface area contributed by atoms with Crippen molar-refractivity contribution in [3.63, 3.8) is 0 Å². The van der Waals surface area contributed by atoms with Gasteiger partial charge in [-0.25, -0.2) is 0 Å². The van der Waals surface area contributed by atoms with E-state index in [1.807, 2.05) is 82.5 Å². The SMILES string of the molecule is CC.Cc1cc2cccc(-c3cnn(C)c3)c2c(=O)n1-c1ccccc1. The van der Waals surface area contributed by atoms with Crippen LogP contribution in [0.4, 0.5) is 0 Å². The molecule has 0 unspecified atom stereocenters. The van der Waals surface area contributed by atoms with Crippen molar-refractivity contribution in [3.05, 3.63) is 83.0 Å². The van der Waals surface area contributed by atoms with Gasteiger partial charge in [0.2, 0.25) is 0 Å². The van der Waals surface area contributed by atoms with Crippen molar-refractivity contribution >= 4 is 10.8 Å². The maximum Gasteiger partial charge on any atom is 0.263 e. The number of aromatic nitrogens is 3. The predicted octanol–water partition coefficient (Wildman–Crippen LogP) is 4.73. The van der Waals surface area contributed by atoms with Crippen molar-refractivity contribution in [2.75, 3.05) is 0 Å². The molecule has 4 aromatic rings. The molecule has 0 atom stereocenters.